The third-order valence-corrected chi connectivity index (χ3v) is 2.48. The summed E-state index contributed by atoms with van der Waals surface area (Å²) in [7, 11) is 0. The molecule has 0 spiro atoms. The van der Waals surface area contributed by atoms with Crippen molar-refractivity contribution in [2.45, 2.75) is 31.7 Å². The molecule has 5 nitrogen and oxygen atoms in total. The smallest absolute Gasteiger partial charge is 0.305 e. The molecular weight excluding hydrogens is 184 g/mol. The minimum Gasteiger partial charge on any atom is -0.481 e. The largest absolute Gasteiger partial charge is 0.481 e. The van der Waals surface area contributed by atoms with E-state index in [0.29, 0.717) is 0 Å². The van der Waals surface area contributed by atoms with Crippen molar-refractivity contribution in [3.05, 3.63) is 0 Å². The van der Waals surface area contributed by atoms with Crippen molar-refractivity contribution >= 4 is 11.9 Å². The van der Waals surface area contributed by atoms with Gasteiger partial charge in [0.25, 0.3) is 0 Å². The molecule has 0 aliphatic heterocycles. The molecule has 0 heterocycles. The van der Waals surface area contributed by atoms with Gasteiger partial charge in [-0.2, -0.15) is 0 Å². The fourth-order valence-corrected chi connectivity index (χ4v) is 1.69. The van der Waals surface area contributed by atoms with E-state index >= 15 is 0 Å². The van der Waals surface area contributed by atoms with E-state index in [2.05, 4.69) is 5.32 Å². The van der Waals surface area contributed by atoms with E-state index in [1.807, 2.05) is 0 Å². The number of carboxylic acids is 1. The van der Waals surface area contributed by atoms with Crippen LogP contribution in [0.1, 0.15) is 25.7 Å². The van der Waals surface area contributed by atoms with Crippen LogP contribution in [0.15, 0.2) is 0 Å². The zero-order valence-electron chi connectivity index (χ0n) is 8.03. The highest BCUT2D eigenvalue weighted by molar-refractivity contribution is 5.79. The average molecular weight is 200 g/mol. The van der Waals surface area contributed by atoms with Gasteiger partial charge in [-0.05, 0) is 19.3 Å². The third-order valence-electron chi connectivity index (χ3n) is 2.48. The van der Waals surface area contributed by atoms with E-state index in [9.17, 15) is 9.59 Å². The minimum absolute atomic E-state index is 0.0150. The predicted molar refractivity (Wildman–Crippen MR) is 50.6 cm³/mol. The lowest BCUT2D eigenvalue weighted by molar-refractivity contribution is -0.137. The van der Waals surface area contributed by atoms with Gasteiger partial charge in [-0.3, -0.25) is 9.59 Å². The summed E-state index contributed by atoms with van der Waals surface area (Å²) < 4.78 is 0. The highest BCUT2D eigenvalue weighted by atomic mass is 16.4. The monoisotopic (exact) mass is 200 g/mol. The van der Waals surface area contributed by atoms with Crippen molar-refractivity contribution in [1.29, 1.82) is 0 Å². The van der Waals surface area contributed by atoms with Gasteiger partial charge in [0.15, 0.2) is 0 Å². The van der Waals surface area contributed by atoms with Gasteiger partial charge in [-0.15, -0.1) is 0 Å². The maximum Gasteiger partial charge on any atom is 0.305 e. The van der Waals surface area contributed by atoms with Crippen LogP contribution in [0, 0.1) is 5.92 Å². The first-order chi connectivity index (χ1) is 6.59. The van der Waals surface area contributed by atoms with Gasteiger partial charge >= 0.3 is 5.97 Å². The number of carbonyl (C=O) groups excluding carboxylic acids is 1. The summed E-state index contributed by atoms with van der Waals surface area (Å²) in [6.45, 7) is 0.208. The molecule has 1 aliphatic carbocycles. The minimum atomic E-state index is -0.895. The molecule has 4 N–H and O–H groups in total. The molecule has 0 aromatic heterocycles. The van der Waals surface area contributed by atoms with Gasteiger partial charge in [0.2, 0.25) is 5.91 Å². The number of carbonyl (C=O) groups is 2. The van der Waals surface area contributed by atoms with Gasteiger partial charge in [0.05, 0.1) is 6.42 Å². The SMILES string of the molecule is NC1CCC(C(=O)NCCC(=O)O)C1. The summed E-state index contributed by atoms with van der Waals surface area (Å²) in [5.41, 5.74) is 5.67. The molecule has 0 radical (unpaired) electrons. The highest BCUT2D eigenvalue weighted by Gasteiger charge is 2.27. The molecular formula is C9H16N2O3. The summed E-state index contributed by atoms with van der Waals surface area (Å²) in [4.78, 5) is 21.6. The third kappa shape index (κ3) is 3.33. The molecule has 1 saturated carbocycles. The Kier molecular flexibility index (Phi) is 3.88. The number of amides is 1. The topological polar surface area (TPSA) is 92.4 Å². The molecule has 1 rings (SSSR count). The Hall–Kier alpha value is -1.10. The van der Waals surface area contributed by atoms with Crippen molar-refractivity contribution in [3.63, 3.8) is 0 Å². The maximum atomic E-state index is 11.4. The van der Waals surface area contributed by atoms with Crippen LogP contribution in [0.5, 0.6) is 0 Å². The number of rotatable bonds is 4. The van der Waals surface area contributed by atoms with E-state index in [-0.39, 0.29) is 30.8 Å². The molecule has 1 amide bonds. The molecule has 2 unspecified atom stereocenters. The summed E-state index contributed by atoms with van der Waals surface area (Å²) in [5.74, 6) is -0.966. The number of hydrogen-bond acceptors (Lipinski definition) is 3. The number of nitrogens with one attached hydrogen (secondary N) is 1. The molecule has 0 aromatic carbocycles. The van der Waals surface area contributed by atoms with Crippen molar-refractivity contribution < 1.29 is 14.7 Å². The predicted octanol–water partition coefficient (Wildman–Crippen LogP) is -0.295. The highest BCUT2D eigenvalue weighted by Crippen LogP contribution is 2.23. The standard InChI is InChI=1S/C9H16N2O3/c10-7-2-1-6(5-7)9(14)11-4-3-8(12)13/h6-7H,1-5,10H2,(H,11,14)(H,12,13). The van der Waals surface area contributed by atoms with Crippen LogP contribution in [-0.2, 0) is 9.59 Å². The molecule has 1 fully saturated rings. The Balaban J connectivity index is 2.18. The Labute approximate surface area is 82.7 Å². The Bertz CT molecular complexity index is 230. The van der Waals surface area contributed by atoms with Crippen LogP contribution in [0.2, 0.25) is 0 Å². The van der Waals surface area contributed by atoms with E-state index < -0.39 is 5.97 Å². The van der Waals surface area contributed by atoms with Crippen molar-refractivity contribution in [2.24, 2.45) is 11.7 Å². The molecule has 1 aliphatic rings. The molecule has 5 heteroatoms. The van der Waals surface area contributed by atoms with E-state index in [4.69, 9.17) is 10.8 Å². The van der Waals surface area contributed by atoms with E-state index in [0.717, 1.165) is 19.3 Å². The molecule has 0 saturated heterocycles. The molecule has 0 bridgehead atoms. The second-order valence-corrected chi connectivity index (χ2v) is 3.70. The fraction of sp³-hybridized carbons (Fsp3) is 0.778. The van der Waals surface area contributed by atoms with Crippen LogP contribution >= 0.6 is 0 Å². The quantitative estimate of drug-likeness (QED) is 0.581. The van der Waals surface area contributed by atoms with Crippen molar-refractivity contribution in [2.75, 3.05) is 6.54 Å². The zero-order valence-corrected chi connectivity index (χ0v) is 8.03. The van der Waals surface area contributed by atoms with E-state index in [1.54, 1.807) is 0 Å². The number of nitrogens with two attached hydrogens (primary N) is 1. The fourth-order valence-electron chi connectivity index (χ4n) is 1.69. The van der Waals surface area contributed by atoms with Crippen LogP contribution in [-0.4, -0.2) is 29.6 Å². The van der Waals surface area contributed by atoms with E-state index in [1.165, 1.54) is 0 Å². The van der Waals surface area contributed by atoms with Crippen LogP contribution in [0.25, 0.3) is 0 Å². The summed E-state index contributed by atoms with van der Waals surface area (Å²) >= 11 is 0. The zero-order chi connectivity index (χ0) is 10.6. The number of aliphatic carboxylic acids is 1. The molecule has 0 aromatic rings. The first kappa shape index (κ1) is 11.0. The first-order valence-corrected chi connectivity index (χ1v) is 4.84. The van der Waals surface area contributed by atoms with Crippen LogP contribution < -0.4 is 11.1 Å². The summed E-state index contributed by atoms with van der Waals surface area (Å²) in [5, 5.41) is 11.0. The van der Waals surface area contributed by atoms with Gasteiger partial charge in [-0.25, -0.2) is 0 Å². The van der Waals surface area contributed by atoms with Gasteiger partial charge < -0.3 is 16.2 Å². The van der Waals surface area contributed by atoms with Crippen LogP contribution in [0.4, 0.5) is 0 Å². The molecule has 2 atom stereocenters. The van der Waals surface area contributed by atoms with Gasteiger partial charge in [-0.1, -0.05) is 0 Å². The maximum absolute atomic E-state index is 11.4. The number of carboxylic acid groups (broad SMARTS) is 1. The number of hydrogen-bond donors (Lipinski definition) is 3. The van der Waals surface area contributed by atoms with Crippen LogP contribution in [0.3, 0.4) is 0 Å². The lowest BCUT2D eigenvalue weighted by atomic mass is 10.1. The Morgan fingerprint density at radius 2 is 2.14 bits per heavy atom. The van der Waals surface area contributed by atoms with Gasteiger partial charge in [0, 0.05) is 18.5 Å². The average Bonchev–Trinajstić information content (AvgIpc) is 2.51. The van der Waals surface area contributed by atoms with Crippen molar-refractivity contribution in [1.82, 2.24) is 5.32 Å². The summed E-state index contributed by atoms with van der Waals surface area (Å²) in [6, 6.07) is 0.130. The van der Waals surface area contributed by atoms with Crippen molar-refractivity contribution in [3.8, 4) is 0 Å². The molecule has 80 valence electrons. The Morgan fingerprint density at radius 3 is 2.64 bits per heavy atom. The summed E-state index contributed by atoms with van der Waals surface area (Å²) in [6.07, 6.45) is 2.40. The second-order valence-electron chi connectivity index (χ2n) is 3.70. The first-order valence-electron chi connectivity index (χ1n) is 4.84. The normalized spacial score (nSPS) is 26.1. The Morgan fingerprint density at radius 1 is 1.43 bits per heavy atom. The lowest BCUT2D eigenvalue weighted by Gasteiger charge is -2.09. The van der Waals surface area contributed by atoms with Gasteiger partial charge in [0.1, 0.15) is 0 Å². The second kappa shape index (κ2) is 4.95. The lowest BCUT2D eigenvalue weighted by Crippen LogP contribution is -2.32. The molecule has 14 heavy (non-hydrogen) atoms.